The maximum absolute atomic E-state index is 12.7. The van der Waals surface area contributed by atoms with Crippen molar-refractivity contribution in [2.45, 2.75) is 51.8 Å². The Bertz CT molecular complexity index is 507. The van der Waals surface area contributed by atoms with E-state index in [9.17, 15) is 8.42 Å². The van der Waals surface area contributed by atoms with Gasteiger partial charge in [-0.2, -0.15) is 0 Å². The van der Waals surface area contributed by atoms with E-state index in [4.69, 9.17) is 5.73 Å². The molecule has 0 unspecified atom stereocenters. The van der Waals surface area contributed by atoms with Gasteiger partial charge < -0.3 is 5.73 Å². The highest BCUT2D eigenvalue weighted by Crippen LogP contribution is 2.16. The van der Waals surface area contributed by atoms with Crippen LogP contribution in [0.4, 0.5) is 0 Å². The quantitative estimate of drug-likeness (QED) is 0.722. The zero-order valence-corrected chi connectivity index (χ0v) is 14.0. The molecular formula is C16H28N2O2S. The summed E-state index contributed by atoms with van der Waals surface area (Å²) in [5.41, 5.74) is 7.42. The van der Waals surface area contributed by atoms with E-state index < -0.39 is 10.0 Å². The van der Waals surface area contributed by atoms with Crippen molar-refractivity contribution in [2.24, 2.45) is 5.73 Å². The summed E-state index contributed by atoms with van der Waals surface area (Å²) < 4.78 is 27.0. The topological polar surface area (TPSA) is 63.4 Å². The van der Waals surface area contributed by atoms with Gasteiger partial charge in [0.15, 0.2) is 0 Å². The van der Waals surface area contributed by atoms with Gasteiger partial charge in [-0.1, -0.05) is 51.0 Å². The van der Waals surface area contributed by atoms with E-state index in [1.807, 2.05) is 24.3 Å². The lowest BCUT2D eigenvalue weighted by Gasteiger charge is -2.22. The van der Waals surface area contributed by atoms with E-state index in [-0.39, 0.29) is 5.75 Å². The first-order valence-corrected chi connectivity index (χ1v) is 9.40. The van der Waals surface area contributed by atoms with Crippen molar-refractivity contribution >= 4 is 10.0 Å². The molecule has 0 bridgehead atoms. The summed E-state index contributed by atoms with van der Waals surface area (Å²) in [6.45, 7) is 5.76. The molecule has 21 heavy (non-hydrogen) atoms. The van der Waals surface area contributed by atoms with Crippen LogP contribution in [0.2, 0.25) is 0 Å². The number of nitrogens with two attached hydrogens (primary N) is 1. The number of nitrogens with zero attached hydrogens (tertiary/aromatic N) is 1. The third-order valence-electron chi connectivity index (χ3n) is 3.59. The van der Waals surface area contributed by atoms with Gasteiger partial charge in [-0.3, -0.25) is 0 Å². The molecule has 1 rings (SSSR count). The van der Waals surface area contributed by atoms with Gasteiger partial charge in [0.2, 0.25) is 10.0 Å². The Labute approximate surface area is 129 Å². The Balaban J connectivity index is 2.88. The maximum atomic E-state index is 12.7. The molecule has 0 atom stereocenters. The van der Waals surface area contributed by atoms with Crippen molar-refractivity contribution in [3.8, 4) is 0 Å². The Morgan fingerprint density at radius 2 is 1.52 bits per heavy atom. The predicted molar refractivity (Wildman–Crippen MR) is 88.3 cm³/mol. The molecular weight excluding hydrogens is 284 g/mol. The summed E-state index contributed by atoms with van der Waals surface area (Å²) >= 11 is 0. The molecule has 5 heteroatoms. The Kier molecular flexibility index (Phi) is 7.93. The van der Waals surface area contributed by atoms with Crippen molar-refractivity contribution in [2.75, 3.05) is 13.1 Å². The number of hydrogen-bond donors (Lipinski definition) is 1. The fourth-order valence-corrected chi connectivity index (χ4v) is 3.92. The fraction of sp³-hybridized carbons (Fsp3) is 0.625. The number of sulfonamides is 1. The van der Waals surface area contributed by atoms with E-state index in [2.05, 4.69) is 13.8 Å². The van der Waals surface area contributed by atoms with Crippen molar-refractivity contribution in [3.63, 3.8) is 0 Å². The first-order valence-electron chi connectivity index (χ1n) is 7.79. The molecule has 1 aromatic carbocycles. The summed E-state index contributed by atoms with van der Waals surface area (Å²) in [4.78, 5) is 0. The van der Waals surface area contributed by atoms with Crippen LogP contribution in [0.1, 0.15) is 50.7 Å². The second kappa shape index (κ2) is 9.18. The van der Waals surface area contributed by atoms with E-state index in [0.717, 1.165) is 36.8 Å². The Hall–Kier alpha value is -0.910. The zero-order valence-electron chi connectivity index (χ0n) is 13.2. The van der Waals surface area contributed by atoms with Crippen molar-refractivity contribution in [3.05, 3.63) is 35.4 Å². The average molecular weight is 312 g/mol. The van der Waals surface area contributed by atoms with Gasteiger partial charge in [0, 0.05) is 19.6 Å². The molecule has 0 heterocycles. The largest absolute Gasteiger partial charge is 0.326 e. The Morgan fingerprint density at radius 3 is 2.00 bits per heavy atom. The number of rotatable bonds is 10. The highest BCUT2D eigenvalue weighted by molar-refractivity contribution is 7.88. The molecule has 0 aliphatic carbocycles. The lowest BCUT2D eigenvalue weighted by molar-refractivity contribution is 0.394. The fourth-order valence-electron chi connectivity index (χ4n) is 2.24. The minimum absolute atomic E-state index is 0.0494. The maximum Gasteiger partial charge on any atom is 0.218 e. The molecule has 0 aliphatic heterocycles. The SMILES string of the molecule is CCCCN(CCCC)S(=O)(=O)Cc1ccccc1CN. The predicted octanol–water partition coefficient (Wildman–Crippen LogP) is 2.88. The van der Waals surface area contributed by atoms with Crippen LogP contribution in [-0.2, 0) is 22.3 Å². The van der Waals surface area contributed by atoms with E-state index >= 15 is 0 Å². The molecule has 0 radical (unpaired) electrons. The van der Waals surface area contributed by atoms with E-state index in [1.54, 1.807) is 4.31 Å². The number of hydrogen-bond acceptors (Lipinski definition) is 3. The Morgan fingerprint density at radius 1 is 1.00 bits per heavy atom. The summed E-state index contributed by atoms with van der Waals surface area (Å²) in [5.74, 6) is 0.0494. The molecule has 2 N–H and O–H groups in total. The van der Waals surface area contributed by atoms with Crippen molar-refractivity contribution < 1.29 is 8.42 Å². The highest BCUT2D eigenvalue weighted by Gasteiger charge is 2.22. The lowest BCUT2D eigenvalue weighted by atomic mass is 10.1. The van der Waals surface area contributed by atoms with Gasteiger partial charge in [-0.05, 0) is 24.0 Å². The standard InChI is InChI=1S/C16H28N2O2S/c1-3-5-11-18(12-6-4-2)21(19,20)14-16-10-8-7-9-15(16)13-17/h7-10H,3-6,11-14,17H2,1-2H3. The normalized spacial score (nSPS) is 12.0. The minimum Gasteiger partial charge on any atom is -0.326 e. The number of unbranched alkanes of at least 4 members (excludes halogenated alkanes) is 2. The summed E-state index contributed by atoms with van der Waals surface area (Å²) in [5, 5.41) is 0. The first-order chi connectivity index (χ1) is 10.0. The van der Waals surface area contributed by atoms with Crippen LogP contribution in [0.3, 0.4) is 0 Å². The molecule has 0 saturated heterocycles. The zero-order chi connectivity index (χ0) is 15.7. The lowest BCUT2D eigenvalue weighted by Crippen LogP contribution is -2.34. The second-order valence-electron chi connectivity index (χ2n) is 5.34. The minimum atomic E-state index is -3.27. The molecule has 0 fully saturated rings. The molecule has 0 saturated carbocycles. The number of benzene rings is 1. The van der Waals surface area contributed by atoms with Crippen LogP contribution >= 0.6 is 0 Å². The van der Waals surface area contributed by atoms with Crippen LogP contribution in [0.25, 0.3) is 0 Å². The average Bonchev–Trinajstić information content (AvgIpc) is 2.47. The molecule has 0 aliphatic rings. The van der Waals surface area contributed by atoms with Gasteiger partial charge in [0.1, 0.15) is 0 Å². The van der Waals surface area contributed by atoms with Crippen LogP contribution in [-0.4, -0.2) is 25.8 Å². The third kappa shape index (κ3) is 5.77. The van der Waals surface area contributed by atoms with Gasteiger partial charge in [0.05, 0.1) is 5.75 Å². The first kappa shape index (κ1) is 18.1. The van der Waals surface area contributed by atoms with E-state index in [1.165, 1.54) is 0 Å². The van der Waals surface area contributed by atoms with Gasteiger partial charge in [0.25, 0.3) is 0 Å². The molecule has 0 amide bonds. The van der Waals surface area contributed by atoms with Crippen LogP contribution in [0, 0.1) is 0 Å². The van der Waals surface area contributed by atoms with Crippen LogP contribution in [0.15, 0.2) is 24.3 Å². The molecule has 0 aromatic heterocycles. The van der Waals surface area contributed by atoms with Gasteiger partial charge >= 0.3 is 0 Å². The molecule has 4 nitrogen and oxygen atoms in total. The monoisotopic (exact) mass is 312 g/mol. The molecule has 0 spiro atoms. The van der Waals surface area contributed by atoms with Gasteiger partial charge in [-0.25, -0.2) is 12.7 Å². The van der Waals surface area contributed by atoms with Crippen LogP contribution < -0.4 is 5.73 Å². The summed E-state index contributed by atoms with van der Waals surface area (Å²) in [7, 11) is -3.27. The summed E-state index contributed by atoms with van der Waals surface area (Å²) in [6, 6.07) is 7.52. The molecule has 1 aromatic rings. The smallest absolute Gasteiger partial charge is 0.218 e. The third-order valence-corrected chi connectivity index (χ3v) is 5.42. The van der Waals surface area contributed by atoms with Crippen molar-refractivity contribution in [1.29, 1.82) is 0 Å². The van der Waals surface area contributed by atoms with Crippen molar-refractivity contribution in [1.82, 2.24) is 4.31 Å². The molecule has 120 valence electrons. The van der Waals surface area contributed by atoms with Crippen LogP contribution in [0.5, 0.6) is 0 Å². The second-order valence-corrected chi connectivity index (χ2v) is 7.30. The highest BCUT2D eigenvalue weighted by atomic mass is 32.2. The summed E-state index contributed by atoms with van der Waals surface area (Å²) in [6.07, 6.45) is 3.80. The van der Waals surface area contributed by atoms with E-state index in [0.29, 0.717) is 19.6 Å². The van der Waals surface area contributed by atoms with Gasteiger partial charge in [-0.15, -0.1) is 0 Å².